The van der Waals surface area contributed by atoms with Gasteiger partial charge in [-0.2, -0.15) is 4.98 Å². The summed E-state index contributed by atoms with van der Waals surface area (Å²) in [6, 6.07) is 7.83. The molecule has 0 radical (unpaired) electrons. The van der Waals surface area contributed by atoms with Gasteiger partial charge in [-0.25, -0.2) is 4.98 Å². The summed E-state index contributed by atoms with van der Waals surface area (Å²) in [5, 5.41) is 4.18. The first-order valence-electron chi connectivity index (χ1n) is 9.38. The first-order valence-corrected chi connectivity index (χ1v) is 9.38. The van der Waals surface area contributed by atoms with Gasteiger partial charge in [-0.05, 0) is 37.1 Å². The number of pyridine rings is 2. The molecule has 1 unspecified atom stereocenters. The minimum Gasteiger partial charge on any atom is -0.475 e. The molecule has 3 aromatic rings. The second-order valence-electron chi connectivity index (χ2n) is 6.67. The molecular weight excluding hydrogens is 358 g/mol. The first kappa shape index (κ1) is 18.5. The van der Waals surface area contributed by atoms with Crippen molar-refractivity contribution in [2.45, 2.75) is 25.4 Å². The van der Waals surface area contributed by atoms with E-state index in [4.69, 9.17) is 14.0 Å². The lowest BCUT2D eigenvalue weighted by Gasteiger charge is -2.21. The predicted molar refractivity (Wildman–Crippen MR) is 102 cm³/mol. The van der Waals surface area contributed by atoms with Crippen molar-refractivity contribution >= 4 is 0 Å². The van der Waals surface area contributed by atoms with Gasteiger partial charge in [-0.15, -0.1) is 0 Å². The maximum Gasteiger partial charge on any atom is 0.244 e. The zero-order chi connectivity index (χ0) is 19.2. The van der Waals surface area contributed by atoms with Crippen LogP contribution < -0.4 is 4.74 Å². The van der Waals surface area contributed by atoms with E-state index in [0.717, 1.165) is 31.5 Å². The van der Waals surface area contributed by atoms with Crippen molar-refractivity contribution in [1.29, 1.82) is 0 Å². The average Bonchev–Trinajstić information content (AvgIpc) is 3.39. The number of hydrogen-bond acceptors (Lipinski definition) is 8. The fourth-order valence-corrected chi connectivity index (χ4v) is 3.37. The van der Waals surface area contributed by atoms with Crippen LogP contribution in [0, 0.1) is 0 Å². The Bertz CT molecular complexity index is 886. The van der Waals surface area contributed by atoms with E-state index < -0.39 is 0 Å². The Balaban J connectivity index is 1.47. The summed E-state index contributed by atoms with van der Waals surface area (Å²) in [5.74, 6) is 1.71. The normalized spacial score (nSPS) is 17.1. The Morgan fingerprint density at radius 1 is 1.25 bits per heavy atom. The van der Waals surface area contributed by atoms with Gasteiger partial charge in [-0.3, -0.25) is 9.88 Å². The second kappa shape index (κ2) is 8.90. The van der Waals surface area contributed by atoms with Crippen LogP contribution in [-0.2, 0) is 11.3 Å². The molecule has 4 heterocycles. The van der Waals surface area contributed by atoms with Gasteiger partial charge in [0.25, 0.3) is 0 Å². The highest BCUT2D eigenvalue weighted by atomic mass is 16.5. The fraction of sp³-hybridized carbons (Fsp3) is 0.400. The number of hydrogen-bond donors (Lipinski definition) is 0. The molecule has 0 bridgehead atoms. The average molecular weight is 381 g/mol. The molecule has 0 amide bonds. The highest BCUT2D eigenvalue weighted by Crippen LogP contribution is 2.33. The summed E-state index contributed by atoms with van der Waals surface area (Å²) < 4.78 is 16.2. The van der Waals surface area contributed by atoms with Crippen LogP contribution in [0.3, 0.4) is 0 Å². The molecule has 28 heavy (non-hydrogen) atoms. The van der Waals surface area contributed by atoms with Gasteiger partial charge in [-0.1, -0.05) is 11.2 Å². The Morgan fingerprint density at radius 2 is 2.21 bits per heavy atom. The number of methoxy groups -OCH3 is 1. The standard InChI is InChI=1S/C20H23N5O3/c1-26-10-11-27-18-12-16(6-8-22-18)19-23-20(28-24-19)17-5-3-9-25(17)14-15-4-2-7-21-13-15/h2,4,6-8,12-13,17H,3,5,9-11,14H2,1H3. The summed E-state index contributed by atoms with van der Waals surface area (Å²) >= 11 is 0. The van der Waals surface area contributed by atoms with Crippen LogP contribution in [0.15, 0.2) is 47.4 Å². The van der Waals surface area contributed by atoms with E-state index in [1.807, 2.05) is 24.4 Å². The first-order chi connectivity index (χ1) is 13.8. The van der Waals surface area contributed by atoms with E-state index in [1.165, 1.54) is 5.56 Å². The summed E-state index contributed by atoms with van der Waals surface area (Å²) in [4.78, 5) is 15.4. The maximum absolute atomic E-state index is 5.61. The molecule has 0 spiro atoms. The topological polar surface area (TPSA) is 86.4 Å². The largest absolute Gasteiger partial charge is 0.475 e. The molecule has 1 atom stereocenters. The molecule has 146 valence electrons. The van der Waals surface area contributed by atoms with E-state index in [1.54, 1.807) is 19.5 Å². The van der Waals surface area contributed by atoms with E-state index in [0.29, 0.717) is 30.8 Å². The minimum absolute atomic E-state index is 0.126. The Labute approximate surface area is 163 Å². The van der Waals surface area contributed by atoms with Crippen LogP contribution in [0.4, 0.5) is 0 Å². The SMILES string of the molecule is COCCOc1cc(-c2noc(C3CCCN3Cc3cccnc3)n2)ccn1. The number of ether oxygens (including phenoxy) is 2. The molecule has 0 N–H and O–H groups in total. The van der Waals surface area contributed by atoms with Crippen molar-refractivity contribution in [2.24, 2.45) is 0 Å². The molecule has 4 rings (SSSR count). The second-order valence-corrected chi connectivity index (χ2v) is 6.67. The fourth-order valence-electron chi connectivity index (χ4n) is 3.37. The van der Waals surface area contributed by atoms with E-state index in [-0.39, 0.29) is 6.04 Å². The summed E-state index contributed by atoms with van der Waals surface area (Å²) in [5.41, 5.74) is 2.00. The molecule has 8 heteroatoms. The van der Waals surface area contributed by atoms with Crippen molar-refractivity contribution in [2.75, 3.05) is 26.9 Å². The summed E-state index contributed by atoms with van der Waals surface area (Å²) in [6.45, 7) is 2.77. The molecular formula is C20H23N5O3. The van der Waals surface area contributed by atoms with Crippen molar-refractivity contribution < 1.29 is 14.0 Å². The van der Waals surface area contributed by atoms with E-state index in [9.17, 15) is 0 Å². The van der Waals surface area contributed by atoms with Gasteiger partial charge < -0.3 is 14.0 Å². The van der Waals surface area contributed by atoms with E-state index in [2.05, 4.69) is 31.1 Å². The van der Waals surface area contributed by atoms with Gasteiger partial charge in [0.2, 0.25) is 17.6 Å². The molecule has 0 aliphatic carbocycles. The number of aromatic nitrogens is 4. The van der Waals surface area contributed by atoms with Gasteiger partial charge in [0.15, 0.2) is 0 Å². The van der Waals surface area contributed by atoms with E-state index >= 15 is 0 Å². The van der Waals surface area contributed by atoms with Crippen LogP contribution in [0.25, 0.3) is 11.4 Å². The van der Waals surface area contributed by atoms with Crippen molar-refractivity contribution in [3.8, 4) is 17.3 Å². The summed E-state index contributed by atoms with van der Waals surface area (Å²) in [6.07, 6.45) is 7.48. The lowest BCUT2D eigenvalue weighted by Crippen LogP contribution is -2.23. The molecule has 1 aliphatic heterocycles. The molecule has 1 saturated heterocycles. The highest BCUT2D eigenvalue weighted by Gasteiger charge is 2.30. The Kier molecular flexibility index (Phi) is 5.89. The lowest BCUT2D eigenvalue weighted by atomic mass is 10.2. The zero-order valence-corrected chi connectivity index (χ0v) is 15.8. The number of likely N-dealkylation sites (tertiary alicyclic amines) is 1. The predicted octanol–water partition coefficient (Wildman–Crippen LogP) is 2.89. The van der Waals surface area contributed by atoms with Gasteiger partial charge in [0.05, 0.1) is 12.6 Å². The monoisotopic (exact) mass is 381 g/mol. The molecule has 0 aromatic carbocycles. The van der Waals surface area contributed by atoms with Crippen LogP contribution in [0.5, 0.6) is 5.88 Å². The number of rotatable bonds is 8. The molecule has 0 saturated carbocycles. The van der Waals surface area contributed by atoms with Gasteiger partial charge >= 0.3 is 0 Å². The highest BCUT2D eigenvalue weighted by molar-refractivity contribution is 5.55. The van der Waals surface area contributed by atoms with Crippen molar-refractivity contribution in [3.05, 3.63) is 54.3 Å². The van der Waals surface area contributed by atoms with Crippen LogP contribution in [0.2, 0.25) is 0 Å². The third-order valence-electron chi connectivity index (χ3n) is 4.73. The zero-order valence-electron chi connectivity index (χ0n) is 15.8. The lowest BCUT2D eigenvalue weighted by molar-refractivity contribution is 0.144. The Hall–Kier alpha value is -2.84. The van der Waals surface area contributed by atoms with Gasteiger partial charge in [0, 0.05) is 43.9 Å². The minimum atomic E-state index is 0.126. The number of nitrogens with zero attached hydrogens (tertiary/aromatic N) is 5. The van der Waals surface area contributed by atoms with Crippen molar-refractivity contribution in [3.63, 3.8) is 0 Å². The third kappa shape index (κ3) is 4.35. The van der Waals surface area contributed by atoms with Crippen LogP contribution in [0.1, 0.15) is 30.3 Å². The molecule has 3 aromatic heterocycles. The maximum atomic E-state index is 5.61. The van der Waals surface area contributed by atoms with Crippen LogP contribution in [-0.4, -0.2) is 51.9 Å². The Morgan fingerprint density at radius 3 is 3.07 bits per heavy atom. The van der Waals surface area contributed by atoms with Crippen molar-refractivity contribution in [1.82, 2.24) is 25.0 Å². The molecule has 1 fully saturated rings. The third-order valence-corrected chi connectivity index (χ3v) is 4.73. The molecule has 8 nitrogen and oxygen atoms in total. The smallest absolute Gasteiger partial charge is 0.244 e. The molecule has 1 aliphatic rings. The van der Waals surface area contributed by atoms with Crippen LogP contribution >= 0.6 is 0 Å². The van der Waals surface area contributed by atoms with Gasteiger partial charge in [0.1, 0.15) is 6.61 Å². The summed E-state index contributed by atoms with van der Waals surface area (Å²) in [7, 11) is 1.63. The quantitative estimate of drug-likeness (QED) is 0.551.